The predicted octanol–water partition coefficient (Wildman–Crippen LogP) is 5.11. The largest absolute Gasteiger partial charge is 0.481 e. The lowest BCUT2D eigenvalue weighted by atomic mass is 9.95. The molecule has 156 valence electrons. The molecule has 0 N–H and O–H groups in total. The summed E-state index contributed by atoms with van der Waals surface area (Å²) in [7, 11) is 3.06. The third-order valence-corrected chi connectivity index (χ3v) is 5.24. The van der Waals surface area contributed by atoms with Crippen molar-refractivity contribution in [2.24, 2.45) is 0 Å². The number of benzene rings is 1. The quantitative estimate of drug-likeness (QED) is 0.504. The van der Waals surface area contributed by atoms with Gasteiger partial charge >= 0.3 is 6.01 Å². The Bertz CT molecular complexity index is 1010. The van der Waals surface area contributed by atoms with Crippen molar-refractivity contribution in [3.05, 3.63) is 53.9 Å². The third kappa shape index (κ3) is 3.87. The lowest BCUT2D eigenvalue weighted by Gasteiger charge is -2.15. The summed E-state index contributed by atoms with van der Waals surface area (Å²) in [5, 5.41) is 0. The molecule has 1 aliphatic rings. The molecule has 0 fully saturated rings. The molecule has 0 saturated heterocycles. The molecule has 1 aromatic carbocycles. The van der Waals surface area contributed by atoms with Gasteiger partial charge in [-0.25, -0.2) is 4.98 Å². The van der Waals surface area contributed by atoms with E-state index in [2.05, 4.69) is 23.5 Å². The molecule has 2 aromatic heterocycles. The van der Waals surface area contributed by atoms with Crippen LogP contribution in [0.4, 0.5) is 0 Å². The van der Waals surface area contributed by atoms with Crippen molar-refractivity contribution in [1.29, 1.82) is 0 Å². The van der Waals surface area contributed by atoms with E-state index in [4.69, 9.17) is 23.6 Å². The van der Waals surface area contributed by atoms with Crippen molar-refractivity contribution in [2.75, 3.05) is 14.2 Å². The number of aromatic nitrogens is 3. The van der Waals surface area contributed by atoms with Gasteiger partial charge in [0.15, 0.2) is 0 Å². The number of allylic oxidation sites excluding steroid dienone is 1. The van der Waals surface area contributed by atoms with Crippen molar-refractivity contribution < 1.29 is 18.6 Å². The number of hydrogen-bond donors (Lipinski definition) is 0. The first-order valence-electron chi connectivity index (χ1n) is 10.0. The Balaban J connectivity index is 1.82. The number of aryl methyl sites for hydroxylation is 2. The summed E-state index contributed by atoms with van der Waals surface area (Å²) < 4.78 is 22.7. The van der Waals surface area contributed by atoms with E-state index >= 15 is 0 Å². The molecule has 0 spiro atoms. The molecule has 30 heavy (non-hydrogen) atoms. The first kappa shape index (κ1) is 19.9. The van der Waals surface area contributed by atoms with Crippen molar-refractivity contribution in [3.8, 4) is 35.0 Å². The average Bonchev–Trinajstić information content (AvgIpc) is 3.21. The molecule has 0 amide bonds. The van der Waals surface area contributed by atoms with Gasteiger partial charge in [-0.15, -0.1) is 6.58 Å². The molecule has 0 saturated carbocycles. The zero-order chi connectivity index (χ0) is 21.1. The molecule has 0 bridgehead atoms. The Morgan fingerprint density at radius 3 is 2.47 bits per heavy atom. The zero-order valence-corrected chi connectivity index (χ0v) is 17.5. The maximum atomic E-state index is 6.18. The molecule has 7 nitrogen and oxygen atoms in total. The van der Waals surface area contributed by atoms with Gasteiger partial charge in [-0.2, -0.15) is 9.97 Å². The minimum absolute atomic E-state index is 0.0771. The van der Waals surface area contributed by atoms with Gasteiger partial charge in [0.2, 0.25) is 17.7 Å². The van der Waals surface area contributed by atoms with E-state index in [0.29, 0.717) is 23.4 Å². The van der Waals surface area contributed by atoms with Gasteiger partial charge in [0.25, 0.3) is 0 Å². The van der Waals surface area contributed by atoms with Gasteiger partial charge in [-0.05, 0) is 36.8 Å². The summed E-state index contributed by atoms with van der Waals surface area (Å²) in [5.41, 5.74) is 2.82. The third-order valence-electron chi connectivity index (χ3n) is 5.24. The molecule has 4 rings (SSSR count). The van der Waals surface area contributed by atoms with Crippen LogP contribution in [0, 0.1) is 0 Å². The van der Waals surface area contributed by atoms with E-state index < -0.39 is 0 Å². The zero-order valence-electron chi connectivity index (χ0n) is 17.5. The van der Waals surface area contributed by atoms with Gasteiger partial charge in [0.05, 0.1) is 31.5 Å². The minimum Gasteiger partial charge on any atom is -0.481 e. The Hall–Kier alpha value is -3.35. The Labute approximate surface area is 175 Å². The molecule has 3 aromatic rings. The Morgan fingerprint density at radius 1 is 1.07 bits per heavy atom. The first-order chi connectivity index (χ1) is 14.6. The van der Waals surface area contributed by atoms with Gasteiger partial charge < -0.3 is 18.6 Å². The van der Waals surface area contributed by atoms with Crippen LogP contribution in [0.15, 0.2) is 41.3 Å². The highest BCUT2D eigenvalue weighted by atomic mass is 16.5. The molecule has 7 heteroatoms. The minimum atomic E-state index is 0.0771. The van der Waals surface area contributed by atoms with E-state index in [1.807, 2.05) is 24.3 Å². The highest BCUT2D eigenvalue weighted by molar-refractivity contribution is 5.69. The molecular weight excluding hydrogens is 382 g/mol. The summed E-state index contributed by atoms with van der Waals surface area (Å²) in [4.78, 5) is 13.4. The van der Waals surface area contributed by atoms with Crippen LogP contribution in [-0.2, 0) is 12.8 Å². The van der Waals surface area contributed by atoms with Crippen LogP contribution in [0.3, 0.4) is 0 Å². The summed E-state index contributed by atoms with van der Waals surface area (Å²) >= 11 is 0. The fraction of sp³-hybridized carbons (Fsp3) is 0.348. The van der Waals surface area contributed by atoms with Gasteiger partial charge in [0.1, 0.15) is 11.5 Å². The molecule has 1 aliphatic carbocycles. The topological polar surface area (TPSA) is 79.5 Å². The van der Waals surface area contributed by atoms with Gasteiger partial charge in [-0.1, -0.05) is 25.1 Å². The standard InChI is InChI=1S/C23H25N3O4/c1-5-14(2)15-9-8-12-18(30-23-25-19(27-3)13-20(26-23)28-4)21(15)22-24-16-10-6-7-11-17(16)29-22/h5,8-9,12-14H,1,6-7,10-11H2,2-4H3. The number of oxazole rings is 1. The van der Waals surface area contributed by atoms with Crippen LogP contribution in [0.2, 0.25) is 0 Å². The summed E-state index contributed by atoms with van der Waals surface area (Å²) in [6.45, 7) is 6.02. The lowest BCUT2D eigenvalue weighted by molar-refractivity contribution is 0.348. The summed E-state index contributed by atoms with van der Waals surface area (Å²) in [6, 6.07) is 7.52. The highest BCUT2D eigenvalue weighted by Crippen LogP contribution is 2.40. The molecular formula is C23H25N3O4. The normalized spacial score (nSPS) is 14.0. The fourth-order valence-corrected chi connectivity index (χ4v) is 3.56. The Morgan fingerprint density at radius 2 is 1.80 bits per heavy atom. The first-order valence-corrected chi connectivity index (χ1v) is 10.0. The molecule has 0 aliphatic heterocycles. The van der Waals surface area contributed by atoms with Crippen LogP contribution in [-0.4, -0.2) is 29.2 Å². The van der Waals surface area contributed by atoms with Crippen molar-refractivity contribution in [1.82, 2.24) is 15.0 Å². The lowest BCUT2D eigenvalue weighted by Crippen LogP contribution is -2.01. The van der Waals surface area contributed by atoms with E-state index in [0.717, 1.165) is 48.3 Å². The van der Waals surface area contributed by atoms with Crippen LogP contribution >= 0.6 is 0 Å². The fourth-order valence-electron chi connectivity index (χ4n) is 3.56. The second kappa shape index (κ2) is 8.57. The number of ether oxygens (including phenoxy) is 3. The maximum absolute atomic E-state index is 6.18. The number of fused-ring (bicyclic) bond motifs is 1. The average molecular weight is 407 g/mol. The molecule has 1 unspecified atom stereocenters. The number of rotatable bonds is 7. The highest BCUT2D eigenvalue weighted by Gasteiger charge is 2.24. The number of nitrogens with zero attached hydrogens (tertiary/aromatic N) is 3. The maximum Gasteiger partial charge on any atom is 0.328 e. The molecule has 0 radical (unpaired) electrons. The summed E-state index contributed by atoms with van der Waals surface area (Å²) in [5.74, 6) is 2.84. The number of hydrogen-bond acceptors (Lipinski definition) is 7. The second-order valence-electron chi connectivity index (χ2n) is 7.18. The van der Waals surface area contributed by atoms with Crippen LogP contribution in [0.25, 0.3) is 11.5 Å². The van der Waals surface area contributed by atoms with Crippen LogP contribution in [0.5, 0.6) is 23.5 Å². The van der Waals surface area contributed by atoms with Crippen molar-refractivity contribution in [2.45, 2.75) is 38.5 Å². The monoisotopic (exact) mass is 407 g/mol. The summed E-state index contributed by atoms with van der Waals surface area (Å²) in [6.07, 6.45) is 5.98. The van der Waals surface area contributed by atoms with E-state index in [-0.39, 0.29) is 11.9 Å². The molecule has 1 atom stereocenters. The van der Waals surface area contributed by atoms with E-state index in [9.17, 15) is 0 Å². The van der Waals surface area contributed by atoms with Crippen LogP contribution < -0.4 is 14.2 Å². The Kier molecular flexibility index (Phi) is 5.70. The number of methoxy groups -OCH3 is 2. The smallest absolute Gasteiger partial charge is 0.328 e. The van der Waals surface area contributed by atoms with Gasteiger partial charge in [-0.3, -0.25) is 0 Å². The van der Waals surface area contributed by atoms with Crippen molar-refractivity contribution >= 4 is 0 Å². The second-order valence-corrected chi connectivity index (χ2v) is 7.18. The predicted molar refractivity (Wildman–Crippen MR) is 112 cm³/mol. The van der Waals surface area contributed by atoms with E-state index in [1.165, 1.54) is 14.2 Å². The SMILES string of the molecule is C=CC(C)c1cccc(Oc2nc(OC)cc(OC)n2)c1-c1nc2c(o1)CCCC2. The van der Waals surface area contributed by atoms with Gasteiger partial charge in [0, 0.05) is 6.42 Å². The van der Waals surface area contributed by atoms with E-state index in [1.54, 1.807) is 6.07 Å². The van der Waals surface area contributed by atoms with Crippen molar-refractivity contribution in [3.63, 3.8) is 0 Å². The molecule has 2 heterocycles. The van der Waals surface area contributed by atoms with Crippen LogP contribution in [0.1, 0.15) is 42.7 Å².